The molecule has 1 N–H and O–H groups in total. The number of aryl methyl sites for hydroxylation is 1. The minimum absolute atomic E-state index is 0.311. The first-order valence-corrected chi connectivity index (χ1v) is 10.7. The van der Waals surface area contributed by atoms with Gasteiger partial charge in [-0.05, 0) is 36.8 Å². The predicted octanol–water partition coefficient (Wildman–Crippen LogP) is 3.51. The summed E-state index contributed by atoms with van der Waals surface area (Å²) in [6.07, 6.45) is 4.91. The molecule has 8 nitrogen and oxygen atoms in total. The van der Waals surface area contributed by atoms with Crippen molar-refractivity contribution in [3.8, 4) is 11.8 Å². The molecular weight excluding hydrogens is 434 g/mol. The van der Waals surface area contributed by atoms with E-state index in [1.54, 1.807) is 43.6 Å². The Morgan fingerprint density at radius 2 is 1.88 bits per heavy atom. The number of para-hydroxylation sites is 1. The van der Waals surface area contributed by atoms with Crippen molar-refractivity contribution in [1.29, 1.82) is 5.26 Å². The first-order chi connectivity index (χ1) is 16.4. The number of rotatable bonds is 10. The van der Waals surface area contributed by atoms with E-state index in [0.717, 1.165) is 16.5 Å². The van der Waals surface area contributed by atoms with Gasteiger partial charge in [0.15, 0.2) is 6.61 Å². The first kappa shape index (κ1) is 24.3. The summed E-state index contributed by atoms with van der Waals surface area (Å²) in [5, 5.41) is 12.1. The monoisotopic (exact) mass is 459 g/mol. The number of benzene rings is 2. The topological polar surface area (TPSA) is 110 Å². The van der Waals surface area contributed by atoms with Crippen LogP contribution in [0.25, 0.3) is 17.0 Å². The zero-order valence-electron chi connectivity index (χ0n) is 19.0. The van der Waals surface area contributed by atoms with Crippen LogP contribution in [0.15, 0.2) is 60.8 Å². The van der Waals surface area contributed by atoms with E-state index in [4.69, 9.17) is 14.7 Å². The predicted molar refractivity (Wildman–Crippen MR) is 127 cm³/mol. The number of carbonyl (C=O) groups excluding carboxylic acids is 3. The second-order valence-electron chi connectivity index (χ2n) is 7.53. The maximum atomic E-state index is 12.7. The van der Waals surface area contributed by atoms with Crippen LogP contribution >= 0.6 is 0 Å². The van der Waals surface area contributed by atoms with Gasteiger partial charge >= 0.3 is 5.97 Å². The van der Waals surface area contributed by atoms with Crippen molar-refractivity contribution in [2.75, 3.05) is 13.7 Å². The number of nitriles is 1. The second kappa shape index (κ2) is 11.5. The summed E-state index contributed by atoms with van der Waals surface area (Å²) < 4.78 is 12.1. The average Bonchev–Trinajstić information content (AvgIpc) is 3.23. The third-order valence-electron chi connectivity index (χ3n) is 5.15. The van der Waals surface area contributed by atoms with E-state index in [2.05, 4.69) is 11.4 Å². The van der Waals surface area contributed by atoms with Gasteiger partial charge in [0, 0.05) is 35.3 Å². The lowest BCUT2D eigenvalue weighted by atomic mass is 10.1. The summed E-state index contributed by atoms with van der Waals surface area (Å²) in [4.78, 5) is 37.2. The minimum Gasteiger partial charge on any atom is -0.497 e. The molecule has 0 saturated heterocycles. The SMILES string of the molecule is COc1ccc(/C=C/C(=O)N[C@@H](C)C(=O)OCC(=O)c2cn(CCC#N)c3ccccc23)cc1. The van der Waals surface area contributed by atoms with Crippen LogP contribution in [0.2, 0.25) is 0 Å². The van der Waals surface area contributed by atoms with Gasteiger partial charge in [-0.25, -0.2) is 4.79 Å². The van der Waals surface area contributed by atoms with Crippen LogP contribution in [0.5, 0.6) is 5.75 Å². The normalized spacial score (nSPS) is 11.7. The van der Waals surface area contributed by atoms with Crippen molar-refractivity contribution >= 4 is 34.6 Å². The Labute approximate surface area is 197 Å². The van der Waals surface area contributed by atoms with E-state index in [1.165, 1.54) is 13.0 Å². The quantitative estimate of drug-likeness (QED) is 0.282. The lowest BCUT2D eigenvalue weighted by Gasteiger charge is -2.11. The van der Waals surface area contributed by atoms with Gasteiger partial charge in [0.25, 0.3) is 0 Å². The van der Waals surface area contributed by atoms with E-state index in [-0.39, 0.29) is 5.78 Å². The Bertz CT molecular complexity index is 1250. The maximum Gasteiger partial charge on any atom is 0.328 e. The summed E-state index contributed by atoms with van der Waals surface area (Å²) >= 11 is 0. The Morgan fingerprint density at radius 1 is 1.15 bits per heavy atom. The van der Waals surface area contributed by atoms with Crippen molar-refractivity contribution in [1.82, 2.24) is 9.88 Å². The van der Waals surface area contributed by atoms with Gasteiger partial charge in [0.1, 0.15) is 11.8 Å². The summed E-state index contributed by atoms with van der Waals surface area (Å²) in [5.74, 6) is -0.836. The minimum atomic E-state index is -0.933. The van der Waals surface area contributed by atoms with Crippen LogP contribution in [0.4, 0.5) is 0 Å². The van der Waals surface area contributed by atoms with Crippen LogP contribution in [-0.4, -0.2) is 42.0 Å². The fourth-order valence-electron chi connectivity index (χ4n) is 3.37. The Hall–Kier alpha value is -4.38. The molecule has 174 valence electrons. The molecule has 0 fully saturated rings. The molecule has 0 aliphatic heterocycles. The van der Waals surface area contributed by atoms with Gasteiger partial charge in [0.05, 0.1) is 19.6 Å². The zero-order chi connectivity index (χ0) is 24.5. The van der Waals surface area contributed by atoms with Crippen LogP contribution in [0.1, 0.15) is 29.3 Å². The number of hydrogen-bond acceptors (Lipinski definition) is 6. The largest absolute Gasteiger partial charge is 0.497 e. The Kier molecular flexibility index (Phi) is 8.19. The van der Waals surface area contributed by atoms with E-state index >= 15 is 0 Å². The fraction of sp³-hybridized carbons (Fsp3) is 0.231. The van der Waals surface area contributed by atoms with Gasteiger partial charge in [0.2, 0.25) is 11.7 Å². The van der Waals surface area contributed by atoms with Crippen molar-refractivity contribution in [2.24, 2.45) is 0 Å². The molecule has 1 aromatic heterocycles. The number of ketones is 1. The second-order valence-corrected chi connectivity index (χ2v) is 7.53. The molecule has 0 radical (unpaired) electrons. The van der Waals surface area contributed by atoms with Gasteiger partial charge < -0.3 is 19.4 Å². The number of nitrogens with one attached hydrogen (secondary N) is 1. The van der Waals surface area contributed by atoms with Crippen molar-refractivity contribution in [3.05, 3.63) is 71.9 Å². The third-order valence-corrected chi connectivity index (χ3v) is 5.15. The number of fused-ring (bicyclic) bond motifs is 1. The van der Waals surface area contributed by atoms with Crippen LogP contribution in [-0.2, 0) is 20.9 Å². The highest BCUT2D eigenvalue weighted by molar-refractivity contribution is 6.09. The molecule has 3 aromatic rings. The van der Waals surface area contributed by atoms with E-state index < -0.39 is 24.5 Å². The molecule has 0 saturated carbocycles. The molecule has 0 unspecified atom stereocenters. The number of esters is 1. The number of carbonyl (C=O) groups is 3. The summed E-state index contributed by atoms with van der Waals surface area (Å²) in [6, 6.07) is 15.6. The lowest BCUT2D eigenvalue weighted by Crippen LogP contribution is -2.39. The van der Waals surface area contributed by atoms with Crippen molar-refractivity contribution in [3.63, 3.8) is 0 Å². The van der Waals surface area contributed by atoms with Gasteiger partial charge in [-0.15, -0.1) is 0 Å². The van der Waals surface area contributed by atoms with E-state index in [1.807, 2.05) is 28.8 Å². The zero-order valence-corrected chi connectivity index (χ0v) is 19.0. The number of methoxy groups -OCH3 is 1. The number of hydrogen-bond donors (Lipinski definition) is 1. The standard InChI is InChI=1S/C26H25N3O5/c1-18(28-25(31)13-10-19-8-11-20(33-2)12-9-19)26(32)34-17-24(30)22-16-29(15-5-14-27)23-7-4-3-6-21(22)23/h3-4,6-13,16,18H,5,15,17H2,1-2H3,(H,28,31)/b13-10+/t18-/m0/s1. The molecule has 34 heavy (non-hydrogen) atoms. The average molecular weight is 460 g/mol. The molecule has 1 amide bonds. The fourth-order valence-corrected chi connectivity index (χ4v) is 3.37. The van der Waals surface area contributed by atoms with Crippen molar-refractivity contribution < 1.29 is 23.9 Å². The van der Waals surface area contributed by atoms with E-state index in [9.17, 15) is 14.4 Å². The van der Waals surface area contributed by atoms with Gasteiger partial charge in [-0.2, -0.15) is 5.26 Å². The molecule has 3 rings (SSSR count). The van der Waals surface area contributed by atoms with Crippen LogP contribution in [0.3, 0.4) is 0 Å². The van der Waals surface area contributed by atoms with Crippen molar-refractivity contribution in [2.45, 2.75) is 25.9 Å². The van der Waals surface area contributed by atoms with Gasteiger partial charge in [-0.1, -0.05) is 30.3 Å². The first-order valence-electron chi connectivity index (χ1n) is 10.7. The molecule has 1 atom stereocenters. The summed E-state index contributed by atoms with van der Waals surface area (Å²) in [6.45, 7) is 1.49. The van der Waals surface area contributed by atoms with Gasteiger partial charge in [-0.3, -0.25) is 9.59 Å². The number of amides is 1. The summed E-state index contributed by atoms with van der Waals surface area (Å²) in [7, 11) is 1.57. The molecule has 2 aromatic carbocycles. The van der Waals surface area contributed by atoms with E-state index in [0.29, 0.717) is 24.3 Å². The summed E-state index contributed by atoms with van der Waals surface area (Å²) in [5.41, 5.74) is 2.04. The highest BCUT2D eigenvalue weighted by atomic mass is 16.5. The number of aromatic nitrogens is 1. The van der Waals surface area contributed by atoms with Crippen LogP contribution in [0, 0.1) is 11.3 Å². The van der Waals surface area contributed by atoms with Crippen LogP contribution < -0.4 is 10.1 Å². The molecule has 8 heteroatoms. The Morgan fingerprint density at radius 3 is 2.59 bits per heavy atom. The lowest BCUT2D eigenvalue weighted by molar-refractivity contribution is -0.145. The number of ether oxygens (including phenoxy) is 2. The molecule has 0 aliphatic rings. The maximum absolute atomic E-state index is 12.7. The molecule has 0 spiro atoms. The smallest absolute Gasteiger partial charge is 0.328 e. The number of nitrogens with zero attached hydrogens (tertiary/aromatic N) is 2. The molecule has 1 heterocycles. The third kappa shape index (κ3) is 6.11. The number of Topliss-reactive ketones (excluding diaryl/α,β-unsaturated/α-hetero) is 1. The highest BCUT2D eigenvalue weighted by Crippen LogP contribution is 2.22. The highest BCUT2D eigenvalue weighted by Gasteiger charge is 2.20. The molecular formula is C26H25N3O5. The molecule has 0 bridgehead atoms. The Balaban J connectivity index is 1.55. The molecule has 0 aliphatic carbocycles.